The van der Waals surface area contributed by atoms with Crippen molar-refractivity contribution < 1.29 is 9.90 Å². The number of carboxylic acids is 1. The van der Waals surface area contributed by atoms with Crippen LogP contribution in [0.1, 0.15) is 38.3 Å². The van der Waals surface area contributed by atoms with Crippen molar-refractivity contribution in [2.45, 2.75) is 40.2 Å². The smallest absolute Gasteiger partial charge is 0.328 e. The number of carbonyl (C=O) groups is 1. The van der Waals surface area contributed by atoms with Gasteiger partial charge in [0.2, 0.25) is 0 Å². The Hall–Kier alpha value is -1.77. The summed E-state index contributed by atoms with van der Waals surface area (Å²) in [6, 6.07) is 6.57. The Morgan fingerprint density at radius 3 is 2.58 bits per heavy atom. The molecular weight excluding hydrogens is 238 g/mol. The third-order valence-electron chi connectivity index (χ3n) is 3.41. The first-order valence-corrected chi connectivity index (χ1v) is 6.77. The van der Waals surface area contributed by atoms with Crippen molar-refractivity contribution in [1.29, 1.82) is 0 Å². The Balaban J connectivity index is 3.02. The van der Waals surface area contributed by atoms with Crippen LogP contribution in [0.2, 0.25) is 0 Å². The molecule has 0 bridgehead atoms. The standard InChI is InChI=1S/C16H23NO2/c1-5-13(4)17(6-2)15-9-7-14(11-12(15)3)8-10-16(18)19/h7-11,13H,5-6H2,1-4H3,(H,18,19)/b10-8+. The topological polar surface area (TPSA) is 40.5 Å². The molecule has 0 saturated carbocycles. The lowest BCUT2D eigenvalue weighted by Gasteiger charge is -2.31. The van der Waals surface area contributed by atoms with Crippen LogP contribution in [0, 0.1) is 6.92 Å². The molecule has 0 aromatic heterocycles. The van der Waals surface area contributed by atoms with Crippen molar-refractivity contribution in [2.75, 3.05) is 11.4 Å². The van der Waals surface area contributed by atoms with Crippen LogP contribution in [-0.2, 0) is 4.79 Å². The summed E-state index contributed by atoms with van der Waals surface area (Å²) >= 11 is 0. The predicted molar refractivity (Wildman–Crippen MR) is 80.6 cm³/mol. The van der Waals surface area contributed by atoms with Gasteiger partial charge in [0.1, 0.15) is 0 Å². The predicted octanol–water partition coefficient (Wildman–Crippen LogP) is 3.72. The molecule has 0 heterocycles. The molecule has 0 saturated heterocycles. The van der Waals surface area contributed by atoms with Crippen LogP contribution in [0.15, 0.2) is 24.3 Å². The first kappa shape index (κ1) is 15.3. The minimum atomic E-state index is -0.920. The molecular formula is C16H23NO2. The Kier molecular flexibility index (Phi) is 5.61. The fraction of sp³-hybridized carbons (Fsp3) is 0.438. The van der Waals surface area contributed by atoms with Crippen LogP contribution >= 0.6 is 0 Å². The molecule has 3 heteroatoms. The van der Waals surface area contributed by atoms with E-state index < -0.39 is 5.97 Å². The number of anilines is 1. The van der Waals surface area contributed by atoms with Gasteiger partial charge in [-0.3, -0.25) is 0 Å². The van der Waals surface area contributed by atoms with Crippen molar-refractivity contribution in [3.05, 3.63) is 35.4 Å². The molecule has 0 aliphatic carbocycles. The van der Waals surface area contributed by atoms with E-state index in [1.807, 2.05) is 12.1 Å². The highest BCUT2D eigenvalue weighted by Crippen LogP contribution is 2.24. The number of rotatable bonds is 6. The van der Waals surface area contributed by atoms with Crippen molar-refractivity contribution >= 4 is 17.7 Å². The highest BCUT2D eigenvalue weighted by molar-refractivity contribution is 5.85. The Bertz CT molecular complexity index is 466. The Morgan fingerprint density at radius 2 is 2.11 bits per heavy atom. The molecule has 1 unspecified atom stereocenters. The first-order valence-electron chi connectivity index (χ1n) is 6.77. The highest BCUT2D eigenvalue weighted by atomic mass is 16.4. The van der Waals surface area contributed by atoms with Gasteiger partial charge in [-0.25, -0.2) is 4.79 Å². The Morgan fingerprint density at radius 1 is 1.42 bits per heavy atom. The maximum absolute atomic E-state index is 10.5. The minimum Gasteiger partial charge on any atom is -0.478 e. The average molecular weight is 261 g/mol. The normalized spacial score (nSPS) is 12.6. The highest BCUT2D eigenvalue weighted by Gasteiger charge is 2.12. The number of aliphatic carboxylic acids is 1. The zero-order valence-corrected chi connectivity index (χ0v) is 12.2. The van der Waals surface area contributed by atoms with Gasteiger partial charge in [-0.2, -0.15) is 0 Å². The van der Waals surface area contributed by atoms with Gasteiger partial charge in [0.05, 0.1) is 0 Å². The maximum atomic E-state index is 10.5. The van der Waals surface area contributed by atoms with E-state index in [0.717, 1.165) is 18.5 Å². The largest absolute Gasteiger partial charge is 0.478 e. The molecule has 0 fully saturated rings. The molecule has 0 spiro atoms. The maximum Gasteiger partial charge on any atom is 0.328 e. The second kappa shape index (κ2) is 6.98. The summed E-state index contributed by atoms with van der Waals surface area (Å²) in [5.41, 5.74) is 3.32. The van der Waals surface area contributed by atoms with E-state index in [4.69, 9.17) is 5.11 Å². The number of carboxylic acid groups (broad SMARTS) is 1. The van der Waals surface area contributed by atoms with Crippen LogP contribution in [0.5, 0.6) is 0 Å². The summed E-state index contributed by atoms with van der Waals surface area (Å²) in [6.07, 6.45) is 3.90. The van der Waals surface area contributed by atoms with Gasteiger partial charge in [0, 0.05) is 24.4 Å². The second-order valence-electron chi connectivity index (χ2n) is 4.76. The van der Waals surface area contributed by atoms with E-state index in [0.29, 0.717) is 6.04 Å². The second-order valence-corrected chi connectivity index (χ2v) is 4.76. The number of nitrogens with zero attached hydrogens (tertiary/aromatic N) is 1. The third kappa shape index (κ3) is 4.12. The zero-order valence-electron chi connectivity index (χ0n) is 12.2. The summed E-state index contributed by atoms with van der Waals surface area (Å²) in [4.78, 5) is 12.9. The molecule has 0 aliphatic heterocycles. The summed E-state index contributed by atoms with van der Waals surface area (Å²) < 4.78 is 0. The molecule has 3 nitrogen and oxygen atoms in total. The van der Waals surface area contributed by atoms with Crippen LogP contribution in [0.4, 0.5) is 5.69 Å². The lowest BCUT2D eigenvalue weighted by atomic mass is 10.1. The molecule has 1 rings (SSSR count). The van der Waals surface area contributed by atoms with Crippen LogP contribution < -0.4 is 4.90 Å². The van der Waals surface area contributed by atoms with Crippen molar-refractivity contribution in [3.8, 4) is 0 Å². The van der Waals surface area contributed by atoms with Crippen LogP contribution in [-0.4, -0.2) is 23.7 Å². The molecule has 104 valence electrons. The van der Waals surface area contributed by atoms with E-state index in [9.17, 15) is 4.79 Å². The van der Waals surface area contributed by atoms with Crippen molar-refractivity contribution in [1.82, 2.24) is 0 Å². The van der Waals surface area contributed by atoms with E-state index in [1.54, 1.807) is 6.08 Å². The molecule has 1 N–H and O–H groups in total. The lowest BCUT2D eigenvalue weighted by Crippen LogP contribution is -2.32. The quantitative estimate of drug-likeness (QED) is 0.793. The van der Waals surface area contributed by atoms with Crippen molar-refractivity contribution in [2.24, 2.45) is 0 Å². The molecule has 1 aromatic carbocycles. The Labute approximate surface area is 115 Å². The van der Waals surface area contributed by atoms with Gasteiger partial charge in [-0.05, 0) is 56.5 Å². The summed E-state index contributed by atoms with van der Waals surface area (Å²) in [5, 5.41) is 8.63. The van der Waals surface area contributed by atoms with Gasteiger partial charge in [0.15, 0.2) is 0 Å². The van der Waals surface area contributed by atoms with Gasteiger partial charge in [-0.15, -0.1) is 0 Å². The number of benzene rings is 1. The first-order chi connectivity index (χ1) is 8.99. The molecule has 1 aromatic rings. The van der Waals surface area contributed by atoms with E-state index >= 15 is 0 Å². The SMILES string of the molecule is CCC(C)N(CC)c1ccc(/C=C/C(=O)O)cc1C. The van der Waals surface area contributed by atoms with Crippen LogP contribution in [0.25, 0.3) is 6.08 Å². The number of hydrogen-bond acceptors (Lipinski definition) is 2. The van der Waals surface area contributed by atoms with Crippen LogP contribution in [0.3, 0.4) is 0 Å². The summed E-state index contributed by atoms with van der Waals surface area (Å²) in [7, 11) is 0. The molecule has 0 amide bonds. The molecule has 0 aliphatic rings. The molecule has 0 radical (unpaired) electrons. The van der Waals surface area contributed by atoms with Gasteiger partial charge < -0.3 is 10.0 Å². The van der Waals surface area contributed by atoms with Gasteiger partial charge in [0.25, 0.3) is 0 Å². The van der Waals surface area contributed by atoms with Gasteiger partial charge in [-0.1, -0.05) is 13.0 Å². The monoisotopic (exact) mass is 261 g/mol. The zero-order chi connectivity index (χ0) is 14.4. The fourth-order valence-corrected chi connectivity index (χ4v) is 2.21. The minimum absolute atomic E-state index is 0.504. The van der Waals surface area contributed by atoms with Gasteiger partial charge >= 0.3 is 5.97 Å². The number of aryl methyl sites for hydroxylation is 1. The van der Waals surface area contributed by atoms with E-state index in [2.05, 4.69) is 38.7 Å². The fourth-order valence-electron chi connectivity index (χ4n) is 2.21. The number of hydrogen-bond donors (Lipinski definition) is 1. The van der Waals surface area contributed by atoms with E-state index in [1.165, 1.54) is 17.3 Å². The van der Waals surface area contributed by atoms with E-state index in [-0.39, 0.29) is 0 Å². The molecule has 1 atom stereocenters. The third-order valence-corrected chi connectivity index (χ3v) is 3.41. The summed E-state index contributed by atoms with van der Waals surface area (Å²) in [6.45, 7) is 9.61. The van der Waals surface area contributed by atoms with Crippen molar-refractivity contribution in [3.63, 3.8) is 0 Å². The lowest BCUT2D eigenvalue weighted by molar-refractivity contribution is -0.131. The average Bonchev–Trinajstić information content (AvgIpc) is 2.38. The molecule has 19 heavy (non-hydrogen) atoms. The summed E-state index contributed by atoms with van der Waals surface area (Å²) in [5.74, 6) is -0.920.